The highest BCUT2D eigenvalue weighted by molar-refractivity contribution is 7.89. The second-order valence-electron chi connectivity index (χ2n) is 3.80. The lowest BCUT2D eigenvalue weighted by Crippen LogP contribution is -2.31. The van der Waals surface area contributed by atoms with Crippen molar-refractivity contribution in [3.63, 3.8) is 0 Å². The van der Waals surface area contributed by atoms with Crippen LogP contribution in [0.3, 0.4) is 0 Å². The van der Waals surface area contributed by atoms with Crippen molar-refractivity contribution in [2.75, 3.05) is 6.54 Å². The molecule has 1 amide bonds. The zero-order valence-corrected chi connectivity index (χ0v) is 9.27. The highest BCUT2D eigenvalue weighted by Crippen LogP contribution is 2.18. The molecular formula is C8H12N4O3S. The molecule has 88 valence electrons. The molecule has 1 aliphatic rings. The number of hydrogen-bond donors (Lipinski definition) is 2. The van der Waals surface area contributed by atoms with Gasteiger partial charge in [0.05, 0.1) is 6.20 Å². The zero-order valence-electron chi connectivity index (χ0n) is 8.46. The van der Waals surface area contributed by atoms with E-state index in [1.807, 2.05) is 0 Å². The van der Waals surface area contributed by atoms with E-state index in [1.54, 1.807) is 12.4 Å². The summed E-state index contributed by atoms with van der Waals surface area (Å²) in [7, 11) is -3.63. The molecule has 0 saturated carbocycles. The minimum Gasteiger partial charge on any atom is -0.337 e. The van der Waals surface area contributed by atoms with Crippen molar-refractivity contribution in [2.24, 2.45) is 5.14 Å². The first-order valence-electron chi connectivity index (χ1n) is 4.74. The van der Waals surface area contributed by atoms with Gasteiger partial charge in [0.15, 0.2) is 0 Å². The smallest absolute Gasteiger partial charge is 0.224 e. The lowest BCUT2D eigenvalue weighted by molar-refractivity contribution is -0.128. The predicted molar refractivity (Wildman–Crippen MR) is 55.5 cm³/mol. The number of H-pyrrole nitrogens is 1. The first-order chi connectivity index (χ1) is 7.47. The highest BCUT2D eigenvalue weighted by atomic mass is 32.2. The molecule has 1 fully saturated rings. The number of likely N-dealkylation sites (tertiary alicyclic amines) is 1. The summed E-state index contributed by atoms with van der Waals surface area (Å²) in [6.07, 6.45) is 3.23. The Morgan fingerprint density at radius 3 is 2.88 bits per heavy atom. The molecule has 1 saturated heterocycles. The third-order valence-corrected chi connectivity index (χ3v) is 3.82. The number of aromatic nitrogens is 2. The molecule has 7 nitrogen and oxygen atoms in total. The summed E-state index contributed by atoms with van der Waals surface area (Å²) in [6.45, 7) is 0.518. The average Bonchev–Trinajstić information content (AvgIpc) is 2.76. The van der Waals surface area contributed by atoms with Gasteiger partial charge in [-0.1, -0.05) is 0 Å². The Kier molecular flexibility index (Phi) is 2.68. The summed E-state index contributed by atoms with van der Waals surface area (Å²) in [4.78, 5) is 13.0. The van der Waals surface area contributed by atoms with Gasteiger partial charge in [-0.25, -0.2) is 13.6 Å². The number of amides is 1. The lowest BCUT2D eigenvalue weighted by atomic mass is 10.3. The molecule has 0 radical (unpaired) electrons. The molecule has 0 aliphatic carbocycles. The Balaban J connectivity index is 2.06. The molecule has 2 rings (SSSR count). The van der Waals surface area contributed by atoms with E-state index in [1.165, 1.54) is 4.90 Å². The first kappa shape index (κ1) is 11.1. The Morgan fingerprint density at radius 1 is 1.62 bits per heavy atom. The summed E-state index contributed by atoms with van der Waals surface area (Å²) in [6, 6.07) is 0. The van der Waals surface area contributed by atoms with Crippen LogP contribution in [0.5, 0.6) is 0 Å². The monoisotopic (exact) mass is 244 g/mol. The van der Waals surface area contributed by atoms with E-state index in [0.717, 1.165) is 5.56 Å². The van der Waals surface area contributed by atoms with Crippen molar-refractivity contribution < 1.29 is 13.2 Å². The van der Waals surface area contributed by atoms with Crippen LogP contribution in [-0.2, 0) is 21.4 Å². The van der Waals surface area contributed by atoms with Crippen LogP contribution in [0, 0.1) is 0 Å². The van der Waals surface area contributed by atoms with Crippen LogP contribution in [0.1, 0.15) is 12.0 Å². The Labute approximate surface area is 92.7 Å². The van der Waals surface area contributed by atoms with E-state index >= 15 is 0 Å². The van der Waals surface area contributed by atoms with Gasteiger partial charge in [0.1, 0.15) is 5.25 Å². The predicted octanol–water partition coefficient (Wildman–Crippen LogP) is -1.20. The van der Waals surface area contributed by atoms with E-state index in [2.05, 4.69) is 10.2 Å². The number of primary sulfonamides is 1. The van der Waals surface area contributed by atoms with Crippen molar-refractivity contribution >= 4 is 15.9 Å². The number of aromatic amines is 1. The number of nitrogens with one attached hydrogen (secondary N) is 1. The van der Waals surface area contributed by atoms with E-state index in [9.17, 15) is 13.2 Å². The summed E-state index contributed by atoms with van der Waals surface area (Å²) in [5, 5.41) is 10.6. The van der Waals surface area contributed by atoms with Crippen LogP contribution in [-0.4, -0.2) is 41.2 Å². The van der Waals surface area contributed by atoms with Gasteiger partial charge in [-0.15, -0.1) is 0 Å². The minimum absolute atomic E-state index is 0.0311. The number of rotatable bonds is 3. The van der Waals surface area contributed by atoms with Crippen molar-refractivity contribution in [2.45, 2.75) is 18.2 Å². The fourth-order valence-corrected chi connectivity index (χ4v) is 2.46. The van der Waals surface area contributed by atoms with E-state index in [0.29, 0.717) is 6.54 Å². The lowest BCUT2D eigenvalue weighted by Gasteiger charge is -2.14. The van der Waals surface area contributed by atoms with Crippen molar-refractivity contribution in [3.8, 4) is 0 Å². The fraction of sp³-hybridized carbons (Fsp3) is 0.500. The van der Waals surface area contributed by atoms with E-state index < -0.39 is 15.3 Å². The van der Waals surface area contributed by atoms with Gasteiger partial charge in [-0.2, -0.15) is 5.10 Å². The summed E-state index contributed by atoms with van der Waals surface area (Å²) in [5.74, 6) is -0.194. The number of carbonyl (C=O) groups excluding carboxylic acids is 1. The first-order valence-corrected chi connectivity index (χ1v) is 6.35. The number of nitrogens with zero attached hydrogens (tertiary/aromatic N) is 2. The Morgan fingerprint density at radius 2 is 2.38 bits per heavy atom. The maximum Gasteiger partial charge on any atom is 0.224 e. The van der Waals surface area contributed by atoms with Gasteiger partial charge >= 0.3 is 0 Å². The van der Waals surface area contributed by atoms with Crippen LogP contribution < -0.4 is 5.14 Å². The fourth-order valence-electron chi connectivity index (χ4n) is 1.69. The summed E-state index contributed by atoms with van der Waals surface area (Å²) in [5.41, 5.74) is 0.836. The normalized spacial score (nSPS) is 21.7. The Hall–Kier alpha value is -1.41. The molecule has 3 N–H and O–H groups in total. The van der Waals surface area contributed by atoms with Gasteiger partial charge in [0.25, 0.3) is 0 Å². The van der Waals surface area contributed by atoms with Gasteiger partial charge in [-0.3, -0.25) is 9.89 Å². The number of carbonyl (C=O) groups is 1. The maximum absolute atomic E-state index is 11.5. The topological polar surface area (TPSA) is 109 Å². The maximum atomic E-state index is 11.5. The van der Waals surface area contributed by atoms with Crippen LogP contribution in [0.25, 0.3) is 0 Å². The molecule has 1 aromatic rings. The van der Waals surface area contributed by atoms with Crippen molar-refractivity contribution in [1.82, 2.24) is 15.1 Å². The van der Waals surface area contributed by atoms with Gasteiger partial charge in [0.2, 0.25) is 15.9 Å². The van der Waals surface area contributed by atoms with Crippen LogP contribution in [0.4, 0.5) is 0 Å². The average molecular weight is 244 g/mol. The molecule has 0 bridgehead atoms. The molecule has 1 atom stereocenters. The van der Waals surface area contributed by atoms with Crippen molar-refractivity contribution in [1.29, 1.82) is 0 Å². The molecule has 1 unspecified atom stereocenters. The highest BCUT2D eigenvalue weighted by Gasteiger charge is 2.36. The third kappa shape index (κ3) is 2.22. The third-order valence-electron chi connectivity index (χ3n) is 2.57. The number of hydrogen-bond acceptors (Lipinski definition) is 4. The second kappa shape index (κ2) is 3.87. The molecule has 8 heteroatoms. The van der Waals surface area contributed by atoms with Crippen LogP contribution in [0.2, 0.25) is 0 Å². The number of nitrogens with two attached hydrogens (primary N) is 1. The van der Waals surface area contributed by atoms with Gasteiger partial charge in [-0.05, 0) is 0 Å². The zero-order chi connectivity index (χ0) is 11.8. The standard InChI is InChI=1S/C8H12N4O3S/c9-16(14,15)7-1-8(13)12(5-7)4-6-2-10-11-3-6/h2-3,7H,1,4-5H2,(H,10,11)(H2,9,14,15). The Bertz CT molecular complexity index is 481. The molecule has 1 aliphatic heterocycles. The molecule has 0 aromatic carbocycles. The SMILES string of the molecule is NS(=O)(=O)C1CC(=O)N(Cc2cn[nH]c2)C1. The van der Waals surface area contributed by atoms with Crippen LogP contribution >= 0.6 is 0 Å². The molecule has 2 heterocycles. The van der Waals surface area contributed by atoms with E-state index in [4.69, 9.17) is 5.14 Å². The molecule has 0 spiro atoms. The van der Waals surface area contributed by atoms with Gasteiger partial charge in [0, 0.05) is 31.3 Å². The van der Waals surface area contributed by atoms with Crippen LogP contribution in [0.15, 0.2) is 12.4 Å². The molecule has 1 aromatic heterocycles. The summed E-state index contributed by atoms with van der Waals surface area (Å²) >= 11 is 0. The van der Waals surface area contributed by atoms with Gasteiger partial charge < -0.3 is 4.90 Å². The van der Waals surface area contributed by atoms with E-state index in [-0.39, 0.29) is 18.9 Å². The number of sulfonamides is 1. The quantitative estimate of drug-likeness (QED) is 0.695. The second-order valence-corrected chi connectivity index (χ2v) is 5.64. The minimum atomic E-state index is -3.63. The molecule has 16 heavy (non-hydrogen) atoms. The molecular weight excluding hydrogens is 232 g/mol. The summed E-state index contributed by atoms with van der Waals surface area (Å²) < 4.78 is 22.2. The van der Waals surface area contributed by atoms with Crippen molar-refractivity contribution in [3.05, 3.63) is 18.0 Å². The largest absolute Gasteiger partial charge is 0.337 e.